The van der Waals surface area contributed by atoms with Gasteiger partial charge in [-0.1, -0.05) is 11.6 Å². The molecule has 1 aromatic rings. The van der Waals surface area contributed by atoms with E-state index in [-0.39, 0.29) is 0 Å². The van der Waals surface area contributed by atoms with Gasteiger partial charge in [0.2, 0.25) is 0 Å². The van der Waals surface area contributed by atoms with E-state index in [4.69, 9.17) is 17.4 Å². The Kier molecular flexibility index (Phi) is 2.48. The fourth-order valence-corrected chi connectivity index (χ4v) is 0.953. The predicted molar refractivity (Wildman–Crippen MR) is 44.8 cm³/mol. The number of aromatic nitrogens is 1. The number of nitrogen functional groups attached to an aromatic ring is 1. The molecule has 3 nitrogen and oxygen atoms in total. The van der Waals surface area contributed by atoms with Gasteiger partial charge in [-0.15, -0.1) is 0 Å². The van der Waals surface area contributed by atoms with Crippen LogP contribution in [0.5, 0.6) is 0 Å². The fraction of sp³-hybridized carbons (Fsp3) is 0. The molecule has 0 aliphatic rings. The summed E-state index contributed by atoms with van der Waals surface area (Å²) in [4.78, 5) is 3.83. The number of nitrogens with two attached hydrogens (primary N) is 1. The van der Waals surface area contributed by atoms with Crippen LogP contribution in [0.1, 0.15) is 0 Å². The van der Waals surface area contributed by atoms with Crippen molar-refractivity contribution in [3.63, 3.8) is 0 Å². The summed E-state index contributed by atoms with van der Waals surface area (Å²) in [6.45, 7) is 0. The number of hydrazine groups is 1. The van der Waals surface area contributed by atoms with E-state index in [2.05, 4.69) is 26.3 Å². The first-order valence-corrected chi connectivity index (χ1v) is 3.69. The zero-order valence-electron chi connectivity index (χ0n) is 4.94. The van der Waals surface area contributed by atoms with E-state index >= 15 is 0 Å². The maximum Gasteiger partial charge on any atom is 0.143 e. The summed E-state index contributed by atoms with van der Waals surface area (Å²) in [7, 11) is 0. The molecule has 10 heavy (non-hydrogen) atoms. The van der Waals surface area contributed by atoms with E-state index in [0.29, 0.717) is 5.15 Å². The van der Waals surface area contributed by atoms with Gasteiger partial charge in [0.15, 0.2) is 0 Å². The number of hydrogen-bond acceptors (Lipinski definition) is 3. The van der Waals surface area contributed by atoms with Crippen LogP contribution in [-0.2, 0) is 0 Å². The molecule has 0 saturated heterocycles. The highest BCUT2D eigenvalue weighted by Crippen LogP contribution is 2.21. The minimum absolute atomic E-state index is 0.430. The maximum absolute atomic E-state index is 5.61. The third-order valence-electron chi connectivity index (χ3n) is 0.963. The minimum atomic E-state index is 0.430. The van der Waals surface area contributed by atoms with Crippen LogP contribution in [0, 0.1) is 0 Å². The molecule has 0 atom stereocenters. The predicted octanol–water partition coefficient (Wildman–Crippen LogP) is 1.78. The number of nitrogens with zero attached hydrogens (tertiary/aromatic N) is 1. The fourth-order valence-electron chi connectivity index (χ4n) is 0.500. The Morgan fingerprint density at radius 2 is 2.40 bits per heavy atom. The molecule has 0 bridgehead atoms. The summed E-state index contributed by atoms with van der Waals surface area (Å²) in [5, 5.41) is 0.430. The molecular weight excluding hydrogens is 217 g/mol. The lowest BCUT2D eigenvalue weighted by atomic mass is 10.4. The molecule has 0 unspecified atom stereocenters. The Balaban J connectivity index is 3.04. The number of nitrogens with one attached hydrogen (secondary N) is 1. The maximum atomic E-state index is 5.61. The molecule has 5 heteroatoms. The van der Waals surface area contributed by atoms with Gasteiger partial charge >= 0.3 is 0 Å². The summed E-state index contributed by atoms with van der Waals surface area (Å²) in [5.41, 5.74) is 3.16. The molecule has 1 aromatic heterocycles. The van der Waals surface area contributed by atoms with Crippen molar-refractivity contribution >= 4 is 33.2 Å². The highest BCUT2D eigenvalue weighted by Gasteiger charge is 1.97. The number of halogens is 2. The van der Waals surface area contributed by atoms with Crippen molar-refractivity contribution in [3.05, 3.63) is 21.9 Å². The molecule has 0 amide bonds. The second-order valence-corrected chi connectivity index (χ2v) is 2.85. The summed E-state index contributed by atoms with van der Waals surface area (Å²) in [6, 6.07) is 1.75. The molecule has 1 heterocycles. The summed E-state index contributed by atoms with van der Waals surface area (Å²) in [6.07, 6.45) is 1.55. The highest BCUT2D eigenvalue weighted by atomic mass is 79.9. The third-order valence-corrected chi connectivity index (χ3v) is 2.10. The van der Waals surface area contributed by atoms with Crippen molar-refractivity contribution in [2.75, 3.05) is 5.43 Å². The van der Waals surface area contributed by atoms with Gasteiger partial charge in [0.25, 0.3) is 0 Å². The Morgan fingerprint density at radius 1 is 1.70 bits per heavy atom. The van der Waals surface area contributed by atoms with Crippen LogP contribution in [0.3, 0.4) is 0 Å². The lowest BCUT2D eigenvalue weighted by molar-refractivity contribution is 1.26. The highest BCUT2D eigenvalue weighted by molar-refractivity contribution is 9.10. The molecular formula is C5H5BrClN3. The van der Waals surface area contributed by atoms with Gasteiger partial charge in [-0.05, 0) is 22.0 Å². The molecule has 0 aliphatic heterocycles. The smallest absolute Gasteiger partial charge is 0.143 e. The first-order valence-electron chi connectivity index (χ1n) is 2.51. The third kappa shape index (κ3) is 1.59. The second kappa shape index (κ2) is 3.18. The molecule has 0 aliphatic carbocycles. The van der Waals surface area contributed by atoms with E-state index in [9.17, 15) is 0 Å². The van der Waals surface area contributed by atoms with Crippen LogP contribution in [-0.4, -0.2) is 4.98 Å². The van der Waals surface area contributed by atoms with Crippen LogP contribution < -0.4 is 11.3 Å². The van der Waals surface area contributed by atoms with Crippen molar-refractivity contribution in [2.45, 2.75) is 0 Å². The average molecular weight is 222 g/mol. The van der Waals surface area contributed by atoms with Crippen LogP contribution in [0.15, 0.2) is 16.7 Å². The van der Waals surface area contributed by atoms with Crippen LogP contribution in [0.25, 0.3) is 0 Å². The van der Waals surface area contributed by atoms with Gasteiger partial charge in [-0.25, -0.2) is 4.98 Å². The summed E-state index contributed by atoms with van der Waals surface area (Å²) in [5.74, 6) is 5.11. The second-order valence-electron chi connectivity index (χ2n) is 1.64. The van der Waals surface area contributed by atoms with Gasteiger partial charge in [-0.3, -0.25) is 5.84 Å². The SMILES string of the molecule is NNc1cnc(Cl)c(Br)c1. The van der Waals surface area contributed by atoms with E-state index in [0.717, 1.165) is 10.2 Å². The van der Waals surface area contributed by atoms with Crippen molar-refractivity contribution in [1.82, 2.24) is 4.98 Å². The molecule has 54 valence electrons. The van der Waals surface area contributed by atoms with Gasteiger partial charge in [0, 0.05) is 0 Å². The molecule has 0 fully saturated rings. The van der Waals surface area contributed by atoms with Crippen LogP contribution >= 0.6 is 27.5 Å². The zero-order valence-corrected chi connectivity index (χ0v) is 7.28. The Labute approximate surface area is 71.7 Å². The standard InChI is InChI=1S/C5H5BrClN3/c6-4-1-3(10-8)2-9-5(4)7/h1-2,10H,8H2. The van der Waals surface area contributed by atoms with Gasteiger partial charge < -0.3 is 5.43 Å². The van der Waals surface area contributed by atoms with Gasteiger partial charge in [-0.2, -0.15) is 0 Å². The van der Waals surface area contributed by atoms with Crippen LogP contribution in [0.2, 0.25) is 5.15 Å². The van der Waals surface area contributed by atoms with E-state index < -0.39 is 0 Å². The average Bonchev–Trinajstić information content (AvgIpc) is 1.95. The Hall–Kier alpha value is -0.320. The molecule has 0 spiro atoms. The van der Waals surface area contributed by atoms with E-state index in [1.165, 1.54) is 0 Å². The quantitative estimate of drug-likeness (QED) is 0.433. The first-order chi connectivity index (χ1) is 4.74. The number of rotatable bonds is 1. The Bertz CT molecular complexity index is 240. The van der Waals surface area contributed by atoms with Gasteiger partial charge in [0.05, 0.1) is 16.4 Å². The van der Waals surface area contributed by atoms with Crippen molar-refractivity contribution < 1.29 is 0 Å². The first kappa shape index (κ1) is 7.78. The van der Waals surface area contributed by atoms with Gasteiger partial charge in [0.1, 0.15) is 5.15 Å². The van der Waals surface area contributed by atoms with E-state index in [1.54, 1.807) is 12.3 Å². The number of pyridine rings is 1. The number of anilines is 1. The van der Waals surface area contributed by atoms with Crippen molar-refractivity contribution in [2.24, 2.45) is 5.84 Å². The normalized spacial score (nSPS) is 9.50. The lowest BCUT2D eigenvalue weighted by Gasteiger charge is -1.99. The Morgan fingerprint density at radius 3 is 2.90 bits per heavy atom. The monoisotopic (exact) mass is 221 g/mol. The molecule has 3 N–H and O–H groups in total. The topological polar surface area (TPSA) is 50.9 Å². The van der Waals surface area contributed by atoms with E-state index in [1.807, 2.05) is 0 Å². The minimum Gasteiger partial charge on any atom is -0.323 e. The van der Waals surface area contributed by atoms with Crippen molar-refractivity contribution in [3.8, 4) is 0 Å². The van der Waals surface area contributed by atoms with Crippen molar-refractivity contribution in [1.29, 1.82) is 0 Å². The molecule has 0 radical (unpaired) electrons. The zero-order chi connectivity index (χ0) is 7.56. The van der Waals surface area contributed by atoms with Crippen LogP contribution in [0.4, 0.5) is 5.69 Å². The number of hydrogen-bond donors (Lipinski definition) is 2. The summed E-state index contributed by atoms with van der Waals surface area (Å²) >= 11 is 8.81. The molecule has 0 aromatic carbocycles. The lowest BCUT2D eigenvalue weighted by Crippen LogP contribution is -2.06. The molecule has 1 rings (SSSR count). The largest absolute Gasteiger partial charge is 0.323 e. The summed E-state index contributed by atoms with van der Waals surface area (Å²) < 4.78 is 0.726. The molecule has 0 saturated carbocycles.